The standard InChI is InChI=1S/C25H20F2P2.C25H22P2.2Pd/c26-25(27,28(21-13-5-1-6-14-21)22-15-7-2-8-16-22)29(23-17-9-3-10-18-23)24-19-11-4-12-20-24;1-5-13-22(14-6-1)26(23-15-7-2-8-16-23)21-27(24-17-9-3-10-18-24)25-19-11-4-12-20-25;;/h1-20H;1-20H,21H2;;. The van der Waals surface area contributed by atoms with E-state index in [9.17, 15) is 0 Å². The van der Waals surface area contributed by atoms with Gasteiger partial charge in [0.1, 0.15) is 0 Å². The fourth-order valence-electron chi connectivity index (χ4n) is 6.53. The van der Waals surface area contributed by atoms with Crippen LogP contribution in [-0.4, -0.2) is 11.3 Å². The summed E-state index contributed by atoms with van der Waals surface area (Å²) in [5, 5.41) is 5.68. The molecule has 0 saturated heterocycles. The van der Waals surface area contributed by atoms with Gasteiger partial charge in [-0.1, -0.05) is 243 Å². The molecular formula is C50H42F2P4Pd2. The van der Waals surface area contributed by atoms with Crippen molar-refractivity contribution in [2.24, 2.45) is 0 Å². The minimum atomic E-state index is -2.92. The van der Waals surface area contributed by atoms with Gasteiger partial charge in [-0.2, -0.15) is 8.78 Å². The summed E-state index contributed by atoms with van der Waals surface area (Å²) in [4.78, 5) is 0. The Hall–Kier alpha value is -3.34. The number of hydrogen-bond donors (Lipinski definition) is 0. The molecule has 8 aromatic carbocycles. The summed E-state index contributed by atoms with van der Waals surface area (Å²) in [5.41, 5.74) is 0. The van der Waals surface area contributed by atoms with Crippen LogP contribution in [0.1, 0.15) is 0 Å². The average molecular weight is 1020 g/mol. The van der Waals surface area contributed by atoms with E-state index in [2.05, 4.69) is 121 Å². The van der Waals surface area contributed by atoms with E-state index in [1.165, 1.54) is 27.1 Å². The Morgan fingerprint density at radius 3 is 0.586 bits per heavy atom. The zero-order valence-electron chi connectivity index (χ0n) is 31.5. The van der Waals surface area contributed by atoms with Crippen LogP contribution in [-0.2, 0) is 40.8 Å². The first kappa shape index (κ1) is 45.7. The third kappa shape index (κ3) is 11.9. The molecular weight excluding hydrogens is 975 g/mol. The van der Waals surface area contributed by atoms with Crippen molar-refractivity contribution in [2.45, 2.75) is 5.40 Å². The Labute approximate surface area is 374 Å². The van der Waals surface area contributed by atoms with Gasteiger partial charge in [-0.15, -0.1) is 0 Å². The smallest absolute Gasteiger partial charge is 0.195 e. The Balaban J connectivity index is 0.000000214. The maximum absolute atomic E-state index is 16.6. The van der Waals surface area contributed by atoms with Gasteiger partial charge in [0.2, 0.25) is 0 Å². The van der Waals surface area contributed by atoms with Crippen molar-refractivity contribution in [1.82, 2.24) is 0 Å². The largest absolute Gasteiger partial charge is 0.296 e. The second-order valence-electron chi connectivity index (χ2n) is 12.9. The van der Waals surface area contributed by atoms with E-state index in [1.54, 1.807) is 0 Å². The minimum absolute atomic E-state index is 0. The zero-order valence-corrected chi connectivity index (χ0v) is 38.2. The molecule has 0 heterocycles. The second-order valence-corrected chi connectivity index (χ2v) is 22.7. The van der Waals surface area contributed by atoms with Gasteiger partial charge in [0.15, 0.2) is 0 Å². The van der Waals surface area contributed by atoms with Gasteiger partial charge in [0, 0.05) is 62.6 Å². The molecule has 0 saturated carbocycles. The molecule has 0 atom stereocenters. The summed E-state index contributed by atoms with van der Waals surface area (Å²) >= 11 is 0. The Kier molecular flexibility index (Phi) is 18.5. The van der Waals surface area contributed by atoms with Crippen molar-refractivity contribution >= 4 is 74.1 Å². The van der Waals surface area contributed by atoms with Crippen molar-refractivity contribution in [2.75, 3.05) is 5.90 Å². The van der Waals surface area contributed by atoms with Crippen LogP contribution >= 0.6 is 31.7 Å². The van der Waals surface area contributed by atoms with E-state index >= 15 is 8.78 Å². The minimum Gasteiger partial charge on any atom is -0.195 e. The van der Waals surface area contributed by atoms with Crippen LogP contribution < -0.4 is 42.4 Å². The van der Waals surface area contributed by atoms with E-state index in [4.69, 9.17) is 0 Å². The molecule has 0 amide bonds. The number of hydrogen-bond acceptors (Lipinski definition) is 0. The van der Waals surface area contributed by atoms with Crippen LogP contribution in [0.3, 0.4) is 0 Å². The van der Waals surface area contributed by atoms with Gasteiger partial charge >= 0.3 is 0 Å². The Bertz CT molecular complexity index is 1990. The summed E-state index contributed by atoms with van der Waals surface area (Å²) in [6, 6.07) is 81.0. The van der Waals surface area contributed by atoms with Gasteiger partial charge in [-0.05, 0) is 58.3 Å². The average Bonchev–Trinajstić information content (AvgIpc) is 3.27. The van der Waals surface area contributed by atoms with E-state index in [0.717, 1.165) is 0 Å². The van der Waals surface area contributed by atoms with Crippen LogP contribution in [0.5, 0.6) is 0 Å². The number of rotatable bonds is 12. The summed E-state index contributed by atoms with van der Waals surface area (Å²) in [6.45, 7) is 0. The molecule has 0 unspecified atom stereocenters. The molecule has 8 rings (SSSR count). The van der Waals surface area contributed by atoms with Crippen LogP contribution in [0.15, 0.2) is 243 Å². The topological polar surface area (TPSA) is 0 Å². The molecule has 8 aromatic rings. The molecule has 8 heteroatoms. The number of alkyl halides is 2. The maximum atomic E-state index is 16.6. The first-order chi connectivity index (χ1) is 27.6. The molecule has 58 heavy (non-hydrogen) atoms. The summed E-state index contributed by atoms with van der Waals surface area (Å²) in [7, 11) is -4.59. The molecule has 0 radical (unpaired) electrons. The molecule has 0 fully saturated rings. The predicted molar refractivity (Wildman–Crippen MR) is 246 cm³/mol. The normalized spacial score (nSPS) is 11.0. The van der Waals surface area contributed by atoms with E-state index in [0.29, 0.717) is 21.2 Å². The predicted octanol–water partition coefficient (Wildman–Crippen LogP) is 11.0. The van der Waals surface area contributed by atoms with Gasteiger partial charge < -0.3 is 0 Å². The fraction of sp³-hybridized carbons (Fsp3) is 0.0400. The Morgan fingerprint density at radius 1 is 0.259 bits per heavy atom. The van der Waals surface area contributed by atoms with Gasteiger partial charge in [-0.3, -0.25) is 0 Å². The van der Waals surface area contributed by atoms with Crippen molar-refractivity contribution in [3.8, 4) is 0 Å². The third-order valence-electron chi connectivity index (χ3n) is 9.15. The Morgan fingerprint density at radius 2 is 0.414 bits per heavy atom. The molecule has 0 N–H and O–H groups in total. The third-order valence-corrected chi connectivity index (χ3v) is 20.6. The number of halogens is 2. The molecule has 0 aliphatic rings. The van der Waals surface area contributed by atoms with Crippen LogP contribution in [0.4, 0.5) is 8.78 Å². The van der Waals surface area contributed by atoms with Crippen LogP contribution in [0.2, 0.25) is 0 Å². The summed E-state index contributed by atoms with van der Waals surface area (Å²) in [5.74, 6) is 1.17. The van der Waals surface area contributed by atoms with Crippen molar-refractivity contribution in [1.29, 1.82) is 0 Å². The number of benzene rings is 8. The van der Waals surface area contributed by atoms with Crippen molar-refractivity contribution in [3.63, 3.8) is 0 Å². The monoisotopic (exact) mass is 1020 g/mol. The zero-order chi connectivity index (χ0) is 38.4. The first-order valence-corrected chi connectivity index (χ1v) is 24.3. The molecule has 0 aromatic heterocycles. The second kappa shape index (κ2) is 23.5. The van der Waals surface area contributed by atoms with Gasteiger partial charge in [-0.25, -0.2) is 0 Å². The van der Waals surface area contributed by atoms with Crippen molar-refractivity contribution in [3.05, 3.63) is 243 Å². The fourth-order valence-corrected chi connectivity index (χ4v) is 18.9. The molecule has 0 nitrogen and oxygen atoms in total. The first-order valence-electron chi connectivity index (χ1n) is 18.5. The summed E-state index contributed by atoms with van der Waals surface area (Å²) in [6.07, 6.45) is 0. The van der Waals surface area contributed by atoms with E-state index in [1.807, 2.05) is 121 Å². The molecule has 0 spiro atoms. The van der Waals surface area contributed by atoms with Crippen LogP contribution in [0, 0.1) is 0 Å². The van der Waals surface area contributed by atoms with Gasteiger partial charge in [0.05, 0.1) is 0 Å². The molecule has 0 bridgehead atoms. The molecule has 0 aliphatic carbocycles. The van der Waals surface area contributed by atoms with E-state index < -0.39 is 37.1 Å². The maximum Gasteiger partial charge on any atom is 0.296 e. The molecule has 296 valence electrons. The van der Waals surface area contributed by atoms with Gasteiger partial charge in [0.25, 0.3) is 5.40 Å². The SMILES string of the molecule is FC(F)(P(c1ccccc1)c1ccccc1)P(c1ccccc1)c1ccccc1.[Pd].[Pd].c1ccc(P(CP(c2ccccc2)c2ccccc2)c2ccccc2)cc1. The van der Waals surface area contributed by atoms with Crippen LogP contribution in [0.25, 0.3) is 0 Å². The quantitative estimate of drug-likeness (QED) is 0.0845. The summed E-state index contributed by atoms with van der Waals surface area (Å²) < 4.78 is 33.1. The van der Waals surface area contributed by atoms with Crippen molar-refractivity contribution < 1.29 is 49.6 Å². The van der Waals surface area contributed by atoms with E-state index in [-0.39, 0.29) is 40.8 Å². The molecule has 0 aliphatic heterocycles.